The molecule has 2 unspecified atom stereocenters. The topological polar surface area (TPSA) is 55.1 Å². The number of nitrogens with one attached hydrogen (secondary N) is 1. The van der Waals surface area contributed by atoms with Gasteiger partial charge in [-0.2, -0.15) is 0 Å². The minimum atomic E-state index is -0.280. The van der Waals surface area contributed by atoms with Crippen molar-refractivity contribution in [2.45, 2.75) is 33.4 Å². The highest BCUT2D eigenvalue weighted by Gasteiger charge is 2.21. The van der Waals surface area contributed by atoms with Crippen LogP contribution in [0.4, 0.5) is 0 Å². The molecule has 1 heterocycles. The van der Waals surface area contributed by atoms with E-state index in [1.54, 1.807) is 11.3 Å². The molecule has 0 saturated carbocycles. The normalized spacial score (nSPS) is 13.7. The van der Waals surface area contributed by atoms with Gasteiger partial charge in [0.15, 0.2) is 0 Å². The minimum absolute atomic E-state index is 0.00457. The Morgan fingerprint density at radius 3 is 2.52 bits per heavy atom. The van der Waals surface area contributed by atoms with E-state index in [9.17, 15) is 4.79 Å². The second kappa shape index (κ2) is 6.87. The van der Waals surface area contributed by atoms with Crippen LogP contribution in [0.15, 0.2) is 36.4 Å². The van der Waals surface area contributed by atoms with Gasteiger partial charge in [-0.3, -0.25) is 4.79 Å². The number of carbonyl (C=O) groups excluding carboxylic acids is 1. The summed E-state index contributed by atoms with van der Waals surface area (Å²) < 4.78 is 0. The molecule has 0 aliphatic rings. The van der Waals surface area contributed by atoms with Gasteiger partial charge < -0.3 is 11.1 Å². The molecule has 3 N–H and O–H groups in total. The van der Waals surface area contributed by atoms with Crippen LogP contribution in [0, 0.1) is 19.8 Å². The van der Waals surface area contributed by atoms with Crippen molar-refractivity contribution in [3.05, 3.63) is 57.3 Å². The van der Waals surface area contributed by atoms with E-state index in [-0.39, 0.29) is 17.9 Å². The van der Waals surface area contributed by atoms with Crippen molar-refractivity contribution in [2.75, 3.05) is 0 Å². The smallest absolute Gasteiger partial charge is 0.225 e. The summed E-state index contributed by atoms with van der Waals surface area (Å²) in [6.45, 7) is 6.63. The lowest BCUT2D eigenvalue weighted by Gasteiger charge is -2.19. The Balaban J connectivity index is 1.93. The van der Waals surface area contributed by atoms with Crippen LogP contribution < -0.4 is 11.1 Å². The Morgan fingerprint density at radius 2 is 1.95 bits per heavy atom. The number of nitrogens with two attached hydrogens (primary N) is 1. The second-order valence-corrected chi connectivity index (χ2v) is 6.74. The summed E-state index contributed by atoms with van der Waals surface area (Å²) in [7, 11) is 0. The number of thiophene rings is 1. The average Bonchev–Trinajstić information content (AvgIpc) is 2.82. The number of hydrogen-bond acceptors (Lipinski definition) is 3. The lowest BCUT2D eigenvalue weighted by Crippen LogP contribution is -2.35. The van der Waals surface area contributed by atoms with Crippen LogP contribution in [-0.4, -0.2) is 5.91 Å². The number of rotatable bonds is 5. The Hall–Kier alpha value is -1.65. The largest absolute Gasteiger partial charge is 0.351 e. The van der Waals surface area contributed by atoms with Crippen molar-refractivity contribution in [2.24, 2.45) is 11.7 Å². The Morgan fingerprint density at radius 1 is 1.29 bits per heavy atom. The minimum Gasteiger partial charge on any atom is -0.351 e. The summed E-state index contributed by atoms with van der Waals surface area (Å²) in [5.41, 5.74) is 8.44. The number of hydrogen-bond donors (Lipinski definition) is 2. The molecular weight excluding hydrogens is 280 g/mol. The van der Waals surface area contributed by atoms with E-state index in [1.165, 1.54) is 15.3 Å². The number of aryl methyl sites for hydroxylation is 2. The van der Waals surface area contributed by atoms with Gasteiger partial charge in [0.1, 0.15) is 0 Å². The van der Waals surface area contributed by atoms with Crippen LogP contribution in [0.5, 0.6) is 0 Å². The van der Waals surface area contributed by atoms with Crippen molar-refractivity contribution in [3.63, 3.8) is 0 Å². The van der Waals surface area contributed by atoms with E-state index in [2.05, 4.69) is 25.2 Å². The van der Waals surface area contributed by atoms with Gasteiger partial charge in [0.05, 0.1) is 12.5 Å². The molecule has 112 valence electrons. The number of benzene rings is 1. The van der Waals surface area contributed by atoms with Gasteiger partial charge in [0.2, 0.25) is 5.91 Å². The third-order valence-corrected chi connectivity index (χ3v) is 4.94. The average molecular weight is 302 g/mol. The molecule has 1 aromatic heterocycles. The maximum atomic E-state index is 12.2. The zero-order valence-corrected chi connectivity index (χ0v) is 13.5. The van der Waals surface area contributed by atoms with Crippen LogP contribution in [0.1, 0.15) is 33.8 Å². The zero-order chi connectivity index (χ0) is 15.4. The highest BCUT2D eigenvalue weighted by molar-refractivity contribution is 7.12. The van der Waals surface area contributed by atoms with E-state index < -0.39 is 0 Å². The molecule has 0 aliphatic carbocycles. The first-order valence-corrected chi connectivity index (χ1v) is 7.95. The summed E-state index contributed by atoms with van der Waals surface area (Å²) in [5.74, 6) is -0.260. The first-order valence-electron chi connectivity index (χ1n) is 7.13. The molecular formula is C17H22N2OS. The molecule has 1 amide bonds. The first kappa shape index (κ1) is 15.7. The summed E-state index contributed by atoms with van der Waals surface area (Å²) in [6, 6.07) is 11.6. The molecule has 0 saturated heterocycles. The van der Waals surface area contributed by atoms with E-state index in [1.807, 2.05) is 37.3 Å². The predicted octanol–water partition coefficient (Wildman–Crippen LogP) is 3.32. The lowest BCUT2D eigenvalue weighted by atomic mass is 9.95. The van der Waals surface area contributed by atoms with Gasteiger partial charge in [-0.05, 0) is 31.0 Å². The van der Waals surface area contributed by atoms with Gasteiger partial charge in [0, 0.05) is 15.8 Å². The van der Waals surface area contributed by atoms with Crippen LogP contribution in [0.2, 0.25) is 0 Å². The maximum absolute atomic E-state index is 12.2. The van der Waals surface area contributed by atoms with Gasteiger partial charge >= 0.3 is 0 Å². The quantitative estimate of drug-likeness (QED) is 0.890. The van der Waals surface area contributed by atoms with Crippen LogP contribution in [0.25, 0.3) is 0 Å². The fraction of sp³-hybridized carbons (Fsp3) is 0.353. The third kappa shape index (κ3) is 3.93. The summed E-state index contributed by atoms with van der Waals surface area (Å²) >= 11 is 1.73. The predicted molar refractivity (Wildman–Crippen MR) is 88.2 cm³/mol. The zero-order valence-electron chi connectivity index (χ0n) is 12.7. The Labute approximate surface area is 130 Å². The fourth-order valence-electron chi connectivity index (χ4n) is 2.20. The van der Waals surface area contributed by atoms with Gasteiger partial charge in [-0.15, -0.1) is 11.3 Å². The second-order valence-electron chi connectivity index (χ2n) is 5.39. The molecule has 2 aromatic rings. The van der Waals surface area contributed by atoms with Crippen LogP contribution in [-0.2, 0) is 11.3 Å². The fourth-order valence-corrected chi connectivity index (χ4v) is 3.19. The van der Waals surface area contributed by atoms with Crippen LogP contribution >= 0.6 is 11.3 Å². The molecule has 0 spiro atoms. The van der Waals surface area contributed by atoms with E-state index in [0.29, 0.717) is 6.54 Å². The standard InChI is InChI=1S/C17H22N2OS/c1-11-9-15(21-13(11)3)10-19-17(20)12(2)16(18)14-7-5-4-6-8-14/h4-9,12,16H,10,18H2,1-3H3,(H,19,20). The SMILES string of the molecule is Cc1cc(CNC(=O)C(C)C(N)c2ccccc2)sc1C. The maximum Gasteiger partial charge on any atom is 0.225 e. The molecule has 0 bridgehead atoms. The van der Waals surface area contributed by atoms with Gasteiger partial charge in [-0.1, -0.05) is 37.3 Å². The summed E-state index contributed by atoms with van der Waals surface area (Å²) in [5, 5.41) is 2.98. The van der Waals surface area contributed by atoms with Crippen molar-refractivity contribution >= 4 is 17.2 Å². The monoisotopic (exact) mass is 302 g/mol. The number of amides is 1. The molecule has 21 heavy (non-hydrogen) atoms. The molecule has 2 atom stereocenters. The Bertz CT molecular complexity index is 587. The van der Waals surface area contributed by atoms with E-state index >= 15 is 0 Å². The molecule has 1 aromatic carbocycles. The summed E-state index contributed by atoms with van der Waals surface area (Å²) in [4.78, 5) is 14.7. The molecule has 0 radical (unpaired) electrons. The molecule has 4 heteroatoms. The molecule has 0 aliphatic heterocycles. The van der Waals surface area contributed by atoms with Crippen molar-refractivity contribution in [3.8, 4) is 0 Å². The molecule has 2 rings (SSSR count). The van der Waals surface area contributed by atoms with Gasteiger partial charge in [-0.25, -0.2) is 0 Å². The van der Waals surface area contributed by atoms with Crippen molar-refractivity contribution in [1.82, 2.24) is 5.32 Å². The van der Waals surface area contributed by atoms with Crippen molar-refractivity contribution in [1.29, 1.82) is 0 Å². The highest BCUT2D eigenvalue weighted by Crippen LogP contribution is 2.22. The van der Waals surface area contributed by atoms with E-state index in [0.717, 1.165) is 5.56 Å². The number of carbonyl (C=O) groups is 1. The first-order chi connectivity index (χ1) is 9.99. The lowest BCUT2D eigenvalue weighted by molar-refractivity contribution is -0.125. The summed E-state index contributed by atoms with van der Waals surface area (Å²) in [6.07, 6.45) is 0. The molecule has 3 nitrogen and oxygen atoms in total. The van der Waals surface area contributed by atoms with Crippen molar-refractivity contribution < 1.29 is 4.79 Å². The van der Waals surface area contributed by atoms with E-state index in [4.69, 9.17) is 5.73 Å². The van der Waals surface area contributed by atoms with Crippen LogP contribution in [0.3, 0.4) is 0 Å². The van der Waals surface area contributed by atoms with Gasteiger partial charge in [0.25, 0.3) is 0 Å². The third-order valence-electron chi connectivity index (χ3n) is 3.79. The molecule has 0 fully saturated rings. The highest BCUT2D eigenvalue weighted by atomic mass is 32.1. The Kier molecular flexibility index (Phi) is 5.15.